The number of benzene rings is 4. The maximum Gasteiger partial charge on any atom is 0.258 e. The zero-order chi connectivity index (χ0) is 25.4. The van der Waals surface area contributed by atoms with Crippen LogP contribution in [-0.2, 0) is 0 Å². The average Bonchev–Trinajstić information content (AvgIpc) is 3.33. The quantitative estimate of drug-likeness (QED) is 0.413. The number of nitrogens with one attached hydrogen (secondary N) is 1. The van der Waals surface area contributed by atoms with Crippen LogP contribution in [0.15, 0.2) is 103 Å². The normalized spacial score (nSPS) is 18.2. The second-order valence-corrected chi connectivity index (χ2v) is 9.54. The molecule has 2 N–H and O–H groups in total. The molecule has 6 heteroatoms. The molecule has 0 aromatic heterocycles. The third kappa shape index (κ3) is 4.36. The van der Waals surface area contributed by atoms with Crippen molar-refractivity contribution in [1.82, 2.24) is 0 Å². The summed E-state index contributed by atoms with van der Waals surface area (Å²) in [6.07, 6.45) is 0.260. The molecule has 4 aromatic carbocycles. The van der Waals surface area contributed by atoms with Crippen molar-refractivity contribution in [2.75, 3.05) is 28.2 Å². The molecule has 4 aromatic rings. The van der Waals surface area contributed by atoms with Crippen LogP contribution in [0.4, 0.5) is 17.1 Å². The van der Waals surface area contributed by atoms with E-state index in [1.807, 2.05) is 78.9 Å². The predicted octanol–water partition coefficient (Wildman–Crippen LogP) is 5.21. The Hall–Kier alpha value is -4.42. The summed E-state index contributed by atoms with van der Waals surface area (Å²) in [6, 6.07) is 32.3. The van der Waals surface area contributed by atoms with E-state index in [1.54, 1.807) is 29.2 Å². The van der Waals surface area contributed by atoms with Crippen molar-refractivity contribution in [2.24, 2.45) is 0 Å². The SMILES string of the molecule is O=C(Nc1ccc(C(=O)N2C[C@@H]3C[C@H](O)CN3c3ccccc32)cc1)c1ccccc1-c1ccccc1. The van der Waals surface area contributed by atoms with E-state index in [1.165, 1.54) is 0 Å². The molecule has 184 valence electrons. The first kappa shape index (κ1) is 23.0. The lowest BCUT2D eigenvalue weighted by molar-refractivity contribution is 0.0982. The highest BCUT2D eigenvalue weighted by molar-refractivity contribution is 6.10. The summed E-state index contributed by atoms with van der Waals surface area (Å²) in [5.41, 5.74) is 5.42. The van der Waals surface area contributed by atoms with Gasteiger partial charge in [-0.3, -0.25) is 9.59 Å². The lowest BCUT2D eigenvalue weighted by atomic mass is 9.99. The van der Waals surface area contributed by atoms with Crippen molar-refractivity contribution >= 4 is 28.9 Å². The van der Waals surface area contributed by atoms with Crippen molar-refractivity contribution in [3.63, 3.8) is 0 Å². The molecule has 0 saturated carbocycles. The van der Waals surface area contributed by atoms with Crippen LogP contribution in [0, 0.1) is 0 Å². The molecule has 0 unspecified atom stereocenters. The zero-order valence-electron chi connectivity index (χ0n) is 20.2. The second kappa shape index (κ2) is 9.56. The van der Waals surface area contributed by atoms with Crippen molar-refractivity contribution in [3.8, 4) is 11.1 Å². The van der Waals surface area contributed by atoms with Gasteiger partial charge < -0.3 is 20.2 Å². The molecule has 2 aliphatic heterocycles. The number of fused-ring (bicyclic) bond motifs is 3. The minimum Gasteiger partial charge on any atom is -0.391 e. The van der Waals surface area contributed by atoms with Gasteiger partial charge in [-0.25, -0.2) is 0 Å². The molecule has 0 bridgehead atoms. The Morgan fingerprint density at radius 1 is 0.757 bits per heavy atom. The van der Waals surface area contributed by atoms with Crippen LogP contribution in [0.1, 0.15) is 27.1 Å². The molecule has 37 heavy (non-hydrogen) atoms. The summed E-state index contributed by atoms with van der Waals surface area (Å²) < 4.78 is 0. The number of hydrogen-bond acceptors (Lipinski definition) is 4. The highest BCUT2D eigenvalue weighted by atomic mass is 16.3. The molecule has 2 heterocycles. The number of para-hydroxylation sites is 2. The molecule has 0 radical (unpaired) electrons. The fraction of sp³-hybridized carbons (Fsp3) is 0.161. The molecule has 0 spiro atoms. The average molecular weight is 490 g/mol. The third-order valence-corrected chi connectivity index (χ3v) is 7.16. The van der Waals surface area contributed by atoms with Gasteiger partial charge in [0.2, 0.25) is 0 Å². The highest BCUT2D eigenvalue weighted by Crippen LogP contribution is 2.40. The first-order valence-electron chi connectivity index (χ1n) is 12.5. The van der Waals surface area contributed by atoms with E-state index in [0.717, 1.165) is 22.5 Å². The molecule has 2 atom stereocenters. The van der Waals surface area contributed by atoms with Crippen LogP contribution < -0.4 is 15.1 Å². The summed E-state index contributed by atoms with van der Waals surface area (Å²) in [5, 5.41) is 13.2. The second-order valence-electron chi connectivity index (χ2n) is 9.54. The minimum atomic E-state index is -0.386. The van der Waals surface area contributed by atoms with Gasteiger partial charge >= 0.3 is 0 Å². The Kier molecular flexibility index (Phi) is 5.94. The van der Waals surface area contributed by atoms with E-state index in [4.69, 9.17) is 0 Å². The maximum absolute atomic E-state index is 13.5. The molecular weight excluding hydrogens is 462 g/mol. The summed E-state index contributed by atoms with van der Waals surface area (Å²) in [7, 11) is 0. The number of aliphatic hydroxyl groups excluding tert-OH is 1. The van der Waals surface area contributed by atoms with Gasteiger partial charge in [-0.05, 0) is 60.0 Å². The monoisotopic (exact) mass is 489 g/mol. The van der Waals surface area contributed by atoms with Crippen LogP contribution in [0.2, 0.25) is 0 Å². The van der Waals surface area contributed by atoms with Crippen LogP contribution in [-0.4, -0.2) is 42.2 Å². The Morgan fingerprint density at radius 2 is 1.43 bits per heavy atom. The fourth-order valence-corrected chi connectivity index (χ4v) is 5.40. The van der Waals surface area contributed by atoms with Gasteiger partial charge in [-0.1, -0.05) is 60.7 Å². The van der Waals surface area contributed by atoms with E-state index in [0.29, 0.717) is 36.3 Å². The van der Waals surface area contributed by atoms with E-state index >= 15 is 0 Å². The number of carbonyl (C=O) groups excluding carboxylic acids is 2. The topological polar surface area (TPSA) is 72.9 Å². The molecule has 1 saturated heterocycles. The van der Waals surface area contributed by atoms with Crippen LogP contribution in [0.5, 0.6) is 0 Å². The first-order valence-corrected chi connectivity index (χ1v) is 12.5. The number of amides is 2. The Balaban J connectivity index is 1.21. The number of aliphatic hydroxyl groups is 1. The molecule has 6 rings (SSSR count). The molecular formula is C31H27N3O3. The molecule has 0 aliphatic carbocycles. The van der Waals surface area contributed by atoms with Gasteiger partial charge in [0, 0.05) is 35.9 Å². The van der Waals surface area contributed by atoms with Gasteiger partial charge in [0.25, 0.3) is 11.8 Å². The summed E-state index contributed by atoms with van der Waals surface area (Å²) in [6.45, 7) is 1.12. The summed E-state index contributed by atoms with van der Waals surface area (Å²) in [4.78, 5) is 30.7. The van der Waals surface area contributed by atoms with Crippen molar-refractivity contribution < 1.29 is 14.7 Å². The van der Waals surface area contributed by atoms with Crippen molar-refractivity contribution in [2.45, 2.75) is 18.6 Å². The zero-order valence-corrected chi connectivity index (χ0v) is 20.2. The summed E-state index contributed by atoms with van der Waals surface area (Å²) >= 11 is 0. The standard InChI is InChI=1S/C31H27N3O3/c35-25-18-24-19-34(29-13-7-6-12-28(29)33(24)20-25)31(37)22-14-16-23(17-15-22)32-30(36)27-11-5-4-10-26(27)21-8-2-1-3-9-21/h1-17,24-25,35H,18-20H2,(H,32,36)/t24-,25-/m0/s1. The Bertz CT molecular complexity index is 1450. The minimum absolute atomic E-state index is 0.0945. The first-order chi connectivity index (χ1) is 18.1. The Labute approximate surface area is 215 Å². The largest absolute Gasteiger partial charge is 0.391 e. The highest BCUT2D eigenvalue weighted by Gasteiger charge is 2.39. The molecule has 2 aliphatic rings. The van der Waals surface area contributed by atoms with Crippen LogP contribution in [0.25, 0.3) is 11.1 Å². The number of nitrogens with zero attached hydrogens (tertiary/aromatic N) is 2. The van der Waals surface area contributed by atoms with Crippen LogP contribution >= 0.6 is 0 Å². The van der Waals surface area contributed by atoms with Gasteiger partial charge in [0.05, 0.1) is 17.5 Å². The predicted molar refractivity (Wildman–Crippen MR) is 146 cm³/mol. The molecule has 6 nitrogen and oxygen atoms in total. The van der Waals surface area contributed by atoms with E-state index < -0.39 is 0 Å². The van der Waals surface area contributed by atoms with Crippen molar-refractivity contribution in [1.29, 1.82) is 0 Å². The lowest BCUT2D eigenvalue weighted by Gasteiger charge is -2.40. The third-order valence-electron chi connectivity index (χ3n) is 7.16. The number of carbonyl (C=O) groups is 2. The molecule has 1 fully saturated rings. The van der Waals surface area contributed by atoms with Gasteiger partial charge in [0.1, 0.15) is 0 Å². The van der Waals surface area contributed by atoms with Crippen LogP contribution in [0.3, 0.4) is 0 Å². The lowest BCUT2D eigenvalue weighted by Crippen LogP contribution is -2.48. The van der Waals surface area contributed by atoms with Gasteiger partial charge in [0.15, 0.2) is 0 Å². The number of anilines is 3. The van der Waals surface area contributed by atoms with E-state index in [-0.39, 0.29) is 24.0 Å². The van der Waals surface area contributed by atoms with Gasteiger partial charge in [-0.2, -0.15) is 0 Å². The van der Waals surface area contributed by atoms with E-state index in [9.17, 15) is 14.7 Å². The molecule has 2 amide bonds. The Morgan fingerprint density at radius 3 is 2.22 bits per heavy atom. The smallest absolute Gasteiger partial charge is 0.258 e. The van der Waals surface area contributed by atoms with E-state index in [2.05, 4.69) is 10.2 Å². The maximum atomic E-state index is 13.5. The van der Waals surface area contributed by atoms with Gasteiger partial charge in [-0.15, -0.1) is 0 Å². The number of hydrogen-bond donors (Lipinski definition) is 2. The fourth-order valence-electron chi connectivity index (χ4n) is 5.40. The number of rotatable bonds is 4. The van der Waals surface area contributed by atoms with Crippen molar-refractivity contribution in [3.05, 3.63) is 114 Å². The summed E-state index contributed by atoms with van der Waals surface area (Å²) in [5.74, 6) is -0.302.